The number of rotatable bonds is 0. The van der Waals surface area contributed by atoms with Gasteiger partial charge in [0.1, 0.15) is 6.10 Å². The lowest BCUT2D eigenvalue weighted by atomic mass is 9.75. The first kappa shape index (κ1) is 6.62. The van der Waals surface area contributed by atoms with Crippen LogP contribution in [0, 0.1) is 5.41 Å². The molecule has 1 aliphatic heterocycles. The van der Waals surface area contributed by atoms with Gasteiger partial charge in [0.05, 0.1) is 12.2 Å². The van der Waals surface area contributed by atoms with Gasteiger partial charge >= 0.3 is 0 Å². The molecule has 1 N–H and O–H groups in total. The highest BCUT2D eigenvalue weighted by Gasteiger charge is 2.53. The van der Waals surface area contributed by atoms with E-state index in [1.165, 1.54) is 0 Å². The summed E-state index contributed by atoms with van der Waals surface area (Å²) in [6, 6.07) is 0. The molecule has 0 spiro atoms. The molecule has 1 heterocycles. The molecule has 0 bridgehead atoms. The standard InChI is InChI=1S/C8H14O2/c1-8(2)4-3-5-6(10-5)7(8)9/h5-7,9H,3-4H2,1-2H3/t5-,6-,7+/m0/s1. The molecule has 0 amide bonds. The number of epoxide rings is 1. The normalized spacial score (nSPS) is 50.1. The second kappa shape index (κ2) is 1.74. The van der Waals surface area contributed by atoms with Crippen molar-refractivity contribution < 1.29 is 9.84 Å². The third-order valence-electron chi connectivity index (χ3n) is 2.81. The first-order chi connectivity index (χ1) is 4.61. The Bertz CT molecular complexity index is 153. The summed E-state index contributed by atoms with van der Waals surface area (Å²) in [5.41, 5.74) is 0.0810. The summed E-state index contributed by atoms with van der Waals surface area (Å²) in [5.74, 6) is 0. The van der Waals surface area contributed by atoms with Gasteiger partial charge in [0.15, 0.2) is 0 Å². The molecular weight excluding hydrogens is 128 g/mol. The minimum atomic E-state index is -0.230. The molecule has 2 fully saturated rings. The van der Waals surface area contributed by atoms with Crippen molar-refractivity contribution >= 4 is 0 Å². The topological polar surface area (TPSA) is 32.8 Å². The Morgan fingerprint density at radius 3 is 2.80 bits per heavy atom. The Morgan fingerprint density at radius 2 is 2.20 bits per heavy atom. The zero-order valence-electron chi connectivity index (χ0n) is 6.50. The average molecular weight is 142 g/mol. The third-order valence-corrected chi connectivity index (χ3v) is 2.81. The molecule has 58 valence electrons. The predicted octanol–water partition coefficient (Wildman–Crippen LogP) is 0.935. The molecule has 2 aliphatic rings. The molecule has 10 heavy (non-hydrogen) atoms. The maximum Gasteiger partial charge on any atom is 0.110 e. The van der Waals surface area contributed by atoms with Gasteiger partial charge in [-0.25, -0.2) is 0 Å². The Morgan fingerprint density at radius 1 is 1.50 bits per heavy atom. The molecule has 0 aromatic carbocycles. The summed E-state index contributed by atoms with van der Waals surface area (Å²) in [6.07, 6.45) is 2.56. The lowest BCUT2D eigenvalue weighted by molar-refractivity contribution is 0.0167. The van der Waals surface area contributed by atoms with Gasteiger partial charge in [0.2, 0.25) is 0 Å². The van der Waals surface area contributed by atoms with E-state index in [9.17, 15) is 5.11 Å². The van der Waals surface area contributed by atoms with Crippen molar-refractivity contribution in [3.63, 3.8) is 0 Å². The number of fused-ring (bicyclic) bond motifs is 1. The van der Waals surface area contributed by atoms with Crippen LogP contribution in [0.1, 0.15) is 26.7 Å². The molecule has 0 aromatic heterocycles. The van der Waals surface area contributed by atoms with Crippen LogP contribution in [0.25, 0.3) is 0 Å². The van der Waals surface area contributed by atoms with Crippen molar-refractivity contribution in [2.24, 2.45) is 5.41 Å². The number of ether oxygens (including phenoxy) is 1. The van der Waals surface area contributed by atoms with Crippen molar-refractivity contribution in [3.05, 3.63) is 0 Å². The van der Waals surface area contributed by atoms with Crippen molar-refractivity contribution in [2.45, 2.75) is 45.0 Å². The zero-order valence-corrected chi connectivity index (χ0v) is 6.50. The highest BCUT2D eigenvalue weighted by molar-refractivity contribution is 5.02. The van der Waals surface area contributed by atoms with Gasteiger partial charge in [0.25, 0.3) is 0 Å². The number of hydrogen-bond acceptors (Lipinski definition) is 2. The van der Waals surface area contributed by atoms with Crippen LogP contribution in [0.2, 0.25) is 0 Å². The molecule has 0 aromatic rings. The van der Waals surface area contributed by atoms with Crippen molar-refractivity contribution in [2.75, 3.05) is 0 Å². The Kier molecular flexibility index (Phi) is 1.15. The van der Waals surface area contributed by atoms with Crippen LogP contribution in [0.4, 0.5) is 0 Å². The van der Waals surface area contributed by atoms with E-state index in [0.29, 0.717) is 6.10 Å². The smallest absolute Gasteiger partial charge is 0.110 e. The van der Waals surface area contributed by atoms with Crippen molar-refractivity contribution in [1.29, 1.82) is 0 Å². The van der Waals surface area contributed by atoms with E-state index in [4.69, 9.17) is 4.74 Å². The highest BCUT2D eigenvalue weighted by Crippen LogP contribution is 2.45. The Balaban J connectivity index is 2.11. The molecular formula is C8H14O2. The molecule has 0 unspecified atom stereocenters. The van der Waals surface area contributed by atoms with Crippen LogP contribution in [0.15, 0.2) is 0 Å². The second-order valence-corrected chi connectivity index (χ2v) is 4.11. The van der Waals surface area contributed by atoms with Crippen molar-refractivity contribution in [3.8, 4) is 0 Å². The molecule has 1 saturated carbocycles. The Hall–Kier alpha value is -0.0800. The third kappa shape index (κ3) is 0.789. The summed E-state index contributed by atoms with van der Waals surface area (Å²) < 4.78 is 5.28. The van der Waals surface area contributed by atoms with Crippen LogP contribution >= 0.6 is 0 Å². The molecule has 2 nitrogen and oxygen atoms in total. The van der Waals surface area contributed by atoms with Crippen LogP contribution in [0.3, 0.4) is 0 Å². The predicted molar refractivity (Wildman–Crippen MR) is 37.7 cm³/mol. The van der Waals surface area contributed by atoms with Gasteiger partial charge in [-0.05, 0) is 18.3 Å². The minimum Gasteiger partial charge on any atom is -0.390 e. The lowest BCUT2D eigenvalue weighted by Crippen LogP contribution is -2.38. The van der Waals surface area contributed by atoms with Crippen LogP contribution < -0.4 is 0 Å². The SMILES string of the molecule is CC1(C)CC[C@@H]2O[C@@H]2[C@H]1O. The molecule has 3 atom stereocenters. The van der Waals surface area contributed by atoms with Crippen LogP contribution in [-0.2, 0) is 4.74 Å². The Labute approximate surface area is 61.2 Å². The zero-order chi connectivity index (χ0) is 7.35. The summed E-state index contributed by atoms with van der Waals surface area (Å²) in [5, 5.41) is 9.62. The van der Waals surface area contributed by atoms with Gasteiger partial charge in [-0.15, -0.1) is 0 Å². The fourth-order valence-electron chi connectivity index (χ4n) is 1.77. The van der Waals surface area contributed by atoms with E-state index in [1.54, 1.807) is 0 Å². The molecule has 1 saturated heterocycles. The average Bonchev–Trinajstić information content (AvgIpc) is 2.58. The van der Waals surface area contributed by atoms with Crippen LogP contribution in [-0.4, -0.2) is 23.4 Å². The van der Waals surface area contributed by atoms with E-state index in [2.05, 4.69) is 13.8 Å². The van der Waals surface area contributed by atoms with E-state index < -0.39 is 0 Å². The first-order valence-electron chi connectivity index (χ1n) is 3.95. The highest BCUT2D eigenvalue weighted by atomic mass is 16.6. The molecule has 1 aliphatic carbocycles. The maximum absolute atomic E-state index is 9.62. The fraction of sp³-hybridized carbons (Fsp3) is 1.00. The van der Waals surface area contributed by atoms with Gasteiger partial charge in [-0.2, -0.15) is 0 Å². The fourth-order valence-corrected chi connectivity index (χ4v) is 1.77. The first-order valence-corrected chi connectivity index (χ1v) is 3.95. The van der Waals surface area contributed by atoms with E-state index in [0.717, 1.165) is 12.8 Å². The van der Waals surface area contributed by atoms with E-state index >= 15 is 0 Å². The summed E-state index contributed by atoms with van der Waals surface area (Å²) in [7, 11) is 0. The van der Waals surface area contributed by atoms with Gasteiger partial charge < -0.3 is 9.84 Å². The second-order valence-electron chi connectivity index (χ2n) is 4.11. The van der Waals surface area contributed by atoms with E-state index in [1.807, 2.05) is 0 Å². The monoisotopic (exact) mass is 142 g/mol. The number of hydrogen-bond donors (Lipinski definition) is 1. The minimum absolute atomic E-state index is 0.0810. The largest absolute Gasteiger partial charge is 0.390 e. The van der Waals surface area contributed by atoms with Gasteiger partial charge in [-0.1, -0.05) is 13.8 Å². The van der Waals surface area contributed by atoms with Crippen molar-refractivity contribution in [1.82, 2.24) is 0 Å². The number of aliphatic hydroxyl groups is 1. The van der Waals surface area contributed by atoms with Gasteiger partial charge in [-0.3, -0.25) is 0 Å². The summed E-state index contributed by atoms with van der Waals surface area (Å²) in [6.45, 7) is 4.21. The molecule has 2 heteroatoms. The number of aliphatic hydroxyl groups excluding tert-OH is 1. The van der Waals surface area contributed by atoms with Gasteiger partial charge in [0, 0.05) is 0 Å². The summed E-state index contributed by atoms with van der Waals surface area (Å²) in [4.78, 5) is 0. The quantitative estimate of drug-likeness (QED) is 0.510. The molecule has 0 radical (unpaired) electrons. The maximum atomic E-state index is 9.62. The van der Waals surface area contributed by atoms with E-state index in [-0.39, 0.29) is 17.6 Å². The summed E-state index contributed by atoms with van der Waals surface area (Å²) >= 11 is 0. The van der Waals surface area contributed by atoms with Crippen LogP contribution in [0.5, 0.6) is 0 Å². The lowest BCUT2D eigenvalue weighted by Gasteiger charge is -2.32. The molecule has 2 rings (SSSR count).